The van der Waals surface area contributed by atoms with Crippen LogP contribution in [0.15, 0.2) is 12.2 Å². The fraction of sp³-hybridized carbons (Fsp3) is 0.700. The van der Waals surface area contributed by atoms with Gasteiger partial charge in [0, 0.05) is 19.6 Å². The van der Waals surface area contributed by atoms with E-state index in [2.05, 4.69) is 11.9 Å². The van der Waals surface area contributed by atoms with Crippen molar-refractivity contribution in [2.45, 2.75) is 13.3 Å². The van der Waals surface area contributed by atoms with Crippen LogP contribution in [0.5, 0.6) is 0 Å². The van der Waals surface area contributed by atoms with Crippen molar-refractivity contribution in [2.75, 3.05) is 33.2 Å². The largest absolute Gasteiger partial charge is 0.338 e. The predicted octanol–water partition coefficient (Wildman–Crippen LogP) is 0.727. The van der Waals surface area contributed by atoms with Crippen LogP contribution in [0.3, 0.4) is 0 Å². The number of rotatable bonds is 1. The van der Waals surface area contributed by atoms with Crippen molar-refractivity contribution in [2.24, 2.45) is 0 Å². The van der Waals surface area contributed by atoms with Gasteiger partial charge in [0.25, 0.3) is 0 Å². The van der Waals surface area contributed by atoms with Gasteiger partial charge in [-0.3, -0.25) is 4.79 Å². The van der Waals surface area contributed by atoms with Crippen LogP contribution < -0.4 is 0 Å². The highest BCUT2D eigenvalue weighted by atomic mass is 16.2. The minimum Gasteiger partial charge on any atom is -0.338 e. The van der Waals surface area contributed by atoms with Crippen molar-refractivity contribution in [1.82, 2.24) is 9.80 Å². The maximum absolute atomic E-state index is 11.5. The maximum Gasteiger partial charge on any atom is 0.246 e. The maximum atomic E-state index is 11.5. The van der Waals surface area contributed by atoms with E-state index in [1.54, 1.807) is 12.2 Å². The highest BCUT2D eigenvalue weighted by molar-refractivity contribution is 5.87. The van der Waals surface area contributed by atoms with Crippen molar-refractivity contribution in [1.29, 1.82) is 0 Å². The molecule has 3 heteroatoms. The quantitative estimate of drug-likeness (QED) is 0.558. The average Bonchev–Trinajstić information content (AvgIpc) is 2.30. The van der Waals surface area contributed by atoms with Gasteiger partial charge in [-0.2, -0.15) is 0 Å². The third-order valence-electron chi connectivity index (χ3n) is 2.34. The number of hydrogen-bond donors (Lipinski definition) is 0. The van der Waals surface area contributed by atoms with E-state index in [0.29, 0.717) is 0 Å². The van der Waals surface area contributed by atoms with Gasteiger partial charge < -0.3 is 9.80 Å². The summed E-state index contributed by atoms with van der Waals surface area (Å²) < 4.78 is 0. The first-order valence-electron chi connectivity index (χ1n) is 4.84. The standard InChI is InChI=1S/C10H18N2O/c1-3-5-10(13)12-7-4-6-11(2)8-9-12/h3,5H,4,6-9H2,1-2H3. The molecule has 0 aromatic heterocycles. The Morgan fingerprint density at radius 1 is 1.23 bits per heavy atom. The molecule has 0 spiro atoms. The Morgan fingerprint density at radius 3 is 2.69 bits per heavy atom. The van der Waals surface area contributed by atoms with Crippen molar-refractivity contribution in [3.8, 4) is 0 Å². The summed E-state index contributed by atoms with van der Waals surface area (Å²) in [5.74, 6) is 0.151. The molecule has 0 saturated carbocycles. The van der Waals surface area contributed by atoms with Crippen molar-refractivity contribution >= 4 is 5.91 Å². The summed E-state index contributed by atoms with van der Waals surface area (Å²) >= 11 is 0. The second kappa shape index (κ2) is 5.02. The van der Waals surface area contributed by atoms with Crippen molar-refractivity contribution in [3.05, 3.63) is 12.2 Å². The minimum atomic E-state index is 0.151. The van der Waals surface area contributed by atoms with Crippen LogP contribution in [-0.2, 0) is 4.79 Å². The molecule has 1 aliphatic rings. The van der Waals surface area contributed by atoms with Crippen LogP contribution >= 0.6 is 0 Å². The number of carbonyl (C=O) groups excluding carboxylic acids is 1. The van der Waals surface area contributed by atoms with Gasteiger partial charge in [-0.05, 0) is 33.0 Å². The van der Waals surface area contributed by atoms with E-state index in [1.807, 2.05) is 11.8 Å². The van der Waals surface area contributed by atoms with Crippen LogP contribution in [0.2, 0.25) is 0 Å². The zero-order chi connectivity index (χ0) is 9.68. The number of nitrogens with zero attached hydrogens (tertiary/aromatic N) is 2. The van der Waals surface area contributed by atoms with Gasteiger partial charge >= 0.3 is 0 Å². The Bertz CT molecular complexity index is 201. The van der Waals surface area contributed by atoms with E-state index in [1.165, 1.54) is 0 Å². The topological polar surface area (TPSA) is 23.6 Å². The van der Waals surface area contributed by atoms with E-state index >= 15 is 0 Å². The molecule has 74 valence electrons. The molecule has 3 nitrogen and oxygen atoms in total. The number of hydrogen-bond acceptors (Lipinski definition) is 2. The monoisotopic (exact) mass is 182 g/mol. The zero-order valence-electron chi connectivity index (χ0n) is 8.49. The smallest absolute Gasteiger partial charge is 0.246 e. The summed E-state index contributed by atoms with van der Waals surface area (Å²) in [6.07, 6.45) is 4.53. The molecule has 1 rings (SSSR count). The molecule has 1 fully saturated rings. The van der Waals surface area contributed by atoms with E-state index in [0.717, 1.165) is 32.6 Å². The summed E-state index contributed by atoms with van der Waals surface area (Å²) in [6.45, 7) is 5.72. The third kappa shape index (κ3) is 3.19. The predicted molar refractivity (Wildman–Crippen MR) is 53.5 cm³/mol. The lowest BCUT2D eigenvalue weighted by atomic mass is 10.3. The fourth-order valence-corrected chi connectivity index (χ4v) is 1.51. The van der Waals surface area contributed by atoms with Gasteiger partial charge in [-0.25, -0.2) is 0 Å². The molecular formula is C10H18N2O. The molecule has 0 bridgehead atoms. The summed E-state index contributed by atoms with van der Waals surface area (Å²) in [5.41, 5.74) is 0. The average molecular weight is 182 g/mol. The summed E-state index contributed by atoms with van der Waals surface area (Å²) in [5, 5.41) is 0. The first-order chi connectivity index (χ1) is 6.24. The fourth-order valence-electron chi connectivity index (χ4n) is 1.51. The summed E-state index contributed by atoms with van der Waals surface area (Å²) in [4.78, 5) is 15.7. The van der Waals surface area contributed by atoms with Gasteiger partial charge in [0.05, 0.1) is 0 Å². The molecule has 0 atom stereocenters. The molecule has 1 heterocycles. The first kappa shape index (κ1) is 10.3. The van der Waals surface area contributed by atoms with Crippen molar-refractivity contribution in [3.63, 3.8) is 0 Å². The van der Waals surface area contributed by atoms with Crippen LogP contribution in [0.25, 0.3) is 0 Å². The second-order valence-electron chi connectivity index (χ2n) is 3.48. The first-order valence-corrected chi connectivity index (χ1v) is 4.84. The van der Waals surface area contributed by atoms with Crippen LogP contribution in [-0.4, -0.2) is 48.9 Å². The molecule has 0 aliphatic carbocycles. The highest BCUT2D eigenvalue weighted by Crippen LogP contribution is 2.01. The molecule has 1 aliphatic heterocycles. The molecule has 0 N–H and O–H groups in total. The Kier molecular flexibility index (Phi) is 3.96. The van der Waals surface area contributed by atoms with Crippen LogP contribution in [0.4, 0.5) is 0 Å². The molecule has 1 saturated heterocycles. The second-order valence-corrected chi connectivity index (χ2v) is 3.48. The molecule has 0 aromatic carbocycles. The van der Waals surface area contributed by atoms with Crippen molar-refractivity contribution < 1.29 is 4.79 Å². The SMILES string of the molecule is CC=CC(=O)N1CCCN(C)CC1. The van der Waals surface area contributed by atoms with Crippen LogP contribution in [0.1, 0.15) is 13.3 Å². The van der Waals surface area contributed by atoms with Gasteiger partial charge in [0.2, 0.25) is 5.91 Å². The lowest BCUT2D eigenvalue weighted by Gasteiger charge is -2.18. The molecule has 0 aromatic rings. The summed E-state index contributed by atoms with van der Waals surface area (Å²) in [6, 6.07) is 0. The minimum absolute atomic E-state index is 0.151. The molecule has 13 heavy (non-hydrogen) atoms. The summed E-state index contributed by atoms with van der Waals surface area (Å²) in [7, 11) is 2.10. The van der Waals surface area contributed by atoms with E-state index < -0.39 is 0 Å². The van der Waals surface area contributed by atoms with E-state index in [9.17, 15) is 4.79 Å². The Balaban J connectivity index is 2.46. The van der Waals surface area contributed by atoms with Gasteiger partial charge in [-0.1, -0.05) is 6.08 Å². The van der Waals surface area contributed by atoms with Gasteiger partial charge in [-0.15, -0.1) is 0 Å². The Labute approximate surface area is 80.0 Å². The normalized spacial score (nSPS) is 20.6. The zero-order valence-corrected chi connectivity index (χ0v) is 8.49. The molecule has 0 unspecified atom stereocenters. The Hall–Kier alpha value is -0.830. The van der Waals surface area contributed by atoms with E-state index in [-0.39, 0.29) is 5.91 Å². The van der Waals surface area contributed by atoms with Gasteiger partial charge in [0.15, 0.2) is 0 Å². The van der Waals surface area contributed by atoms with E-state index in [4.69, 9.17) is 0 Å². The number of allylic oxidation sites excluding steroid dienone is 1. The Morgan fingerprint density at radius 2 is 2.00 bits per heavy atom. The third-order valence-corrected chi connectivity index (χ3v) is 2.34. The van der Waals surface area contributed by atoms with Crippen LogP contribution in [0, 0.1) is 0 Å². The molecular weight excluding hydrogens is 164 g/mol. The lowest BCUT2D eigenvalue weighted by Crippen LogP contribution is -2.33. The number of carbonyl (C=O) groups is 1. The molecule has 1 amide bonds. The highest BCUT2D eigenvalue weighted by Gasteiger charge is 2.14. The lowest BCUT2D eigenvalue weighted by molar-refractivity contribution is -0.125. The number of likely N-dealkylation sites (N-methyl/N-ethyl adjacent to an activating group) is 1. The van der Waals surface area contributed by atoms with Gasteiger partial charge in [0.1, 0.15) is 0 Å². The molecule has 0 radical (unpaired) electrons. The number of amides is 1.